The van der Waals surface area contributed by atoms with Crippen LogP contribution in [0.15, 0.2) is 4.52 Å². The minimum Gasteiger partial charge on any atom is -0.354 e. The lowest BCUT2D eigenvalue weighted by molar-refractivity contribution is -0.122. The van der Waals surface area contributed by atoms with Crippen molar-refractivity contribution in [2.45, 2.75) is 90.1 Å². The molecular formula is C18H30N4O3. The van der Waals surface area contributed by atoms with Gasteiger partial charge in [-0.1, -0.05) is 37.8 Å². The van der Waals surface area contributed by atoms with E-state index in [0.29, 0.717) is 24.6 Å². The summed E-state index contributed by atoms with van der Waals surface area (Å²) in [6, 6.07) is 0.166. The van der Waals surface area contributed by atoms with Crippen LogP contribution in [-0.2, 0) is 21.5 Å². The van der Waals surface area contributed by atoms with Gasteiger partial charge in [-0.3, -0.25) is 9.59 Å². The number of amides is 2. The van der Waals surface area contributed by atoms with Gasteiger partial charge in [0.2, 0.25) is 17.7 Å². The van der Waals surface area contributed by atoms with Crippen molar-refractivity contribution in [1.82, 2.24) is 20.8 Å². The Hall–Kier alpha value is -1.92. The first-order chi connectivity index (χ1) is 11.9. The maximum absolute atomic E-state index is 11.9. The Kier molecular flexibility index (Phi) is 6.96. The fourth-order valence-corrected chi connectivity index (χ4v) is 3.29. The van der Waals surface area contributed by atoms with Crippen molar-refractivity contribution in [3.05, 3.63) is 11.7 Å². The van der Waals surface area contributed by atoms with Gasteiger partial charge in [0, 0.05) is 25.8 Å². The number of hydrogen-bond donors (Lipinski definition) is 2. The normalized spacial score (nSPS) is 18.2. The highest BCUT2D eigenvalue weighted by Crippen LogP contribution is 2.34. The molecule has 1 fully saturated rings. The van der Waals surface area contributed by atoms with E-state index >= 15 is 0 Å². The molecule has 1 atom stereocenters. The highest BCUT2D eigenvalue weighted by Gasteiger charge is 2.38. The number of aryl methyl sites for hydroxylation is 1. The van der Waals surface area contributed by atoms with E-state index in [9.17, 15) is 9.59 Å². The summed E-state index contributed by atoms with van der Waals surface area (Å²) in [7, 11) is 0. The third kappa shape index (κ3) is 5.54. The van der Waals surface area contributed by atoms with Crippen molar-refractivity contribution in [3.8, 4) is 0 Å². The second-order valence-electron chi connectivity index (χ2n) is 7.07. The monoisotopic (exact) mass is 350 g/mol. The molecule has 0 aromatic carbocycles. The zero-order valence-electron chi connectivity index (χ0n) is 15.6. The van der Waals surface area contributed by atoms with Gasteiger partial charge in [-0.15, -0.1) is 0 Å². The average molecular weight is 350 g/mol. The summed E-state index contributed by atoms with van der Waals surface area (Å²) in [5.41, 5.74) is -0.539. The zero-order valence-corrected chi connectivity index (χ0v) is 15.6. The number of aromatic nitrogens is 2. The summed E-state index contributed by atoms with van der Waals surface area (Å²) >= 11 is 0. The van der Waals surface area contributed by atoms with Crippen LogP contribution in [0.1, 0.15) is 83.9 Å². The van der Waals surface area contributed by atoms with E-state index in [4.69, 9.17) is 4.52 Å². The van der Waals surface area contributed by atoms with Crippen LogP contribution in [0.4, 0.5) is 0 Å². The smallest absolute Gasteiger partial charge is 0.227 e. The summed E-state index contributed by atoms with van der Waals surface area (Å²) in [5.74, 6) is 0.895. The highest BCUT2D eigenvalue weighted by atomic mass is 16.5. The summed E-state index contributed by atoms with van der Waals surface area (Å²) in [6.45, 7) is 5.53. The van der Waals surface area contributed by atoms with Crippen LogP contribution < -0.4 is 10.6 Å². The van der Waals surface area contributed by atoms with Crippen molar-refractivity contribution >= 4 is 11.8 Å². The molecule has 0 saturated heterocycles. The Morgan fingerprint density at radius 3 is 2.52 bits per heavy atom. The molecule has 0 radical (unpaired) electrons. The second kappa shape index (κ2) is 8.97. The van der Waals surface area contributed by atoms with Crippen LogP contribution in [0.3, 0.4) is 0 Å². The summed E-state index contributed by atoms with van der Waals surface area (Å²) < 4.78 is 5.35. The van der Waals surface area contributed by atoms with E-state index in [-0.39, 0.29) is 17.9 Å². The highest BCUT2D eigenvalue weighted by molar-refractivity contribution is 5.76. The van der Waals surface area contributed by atoms with Gasteiger partial charge in [-0.2, -0.15) is 4.98 Å². The van der Waals surface area contributed by atoms with Crippen LogP contribution >= 0.6 is 0 Å². The topological polar surface area (TPSA) is 97.1 Å². The van der Waals surface area contributed by atoms with Crippen LogP contribution in [0.5, 0.6) is 0 Å². The Morgan fingerprint density at radius 2 is 1.92 bits per heavy atom. The molecule has 140 valence electrons. The fraction of sp³-hybridized carbons (Fsp3) is 0.778. The number of carbonyl (C=O) groups excluding carboxylic acids is 2. The Labute approximate surface area is 149 Å². The quantitative estimate of drug-likeness (QED) is 0.737. The number of carbonyl (C=O) groups is 2. The van der Waals surface area contributed by atoms with Gasteiger partial charge < -0.3 is 15.2 Å². The SMILES string of the molecule is CCC(C)NC(=O)CCc1nc(C2(NC(C)=O)CCCCCC2)no1. The van der Waals surface area contributed by atoms with Gasteiger partial charge in [0.15, 0.2) is 5.82 Å². The second-order valence-corrected chi connectivity index (χ2v) is 7.07. The third-order valence-electron chi connectivity index (χ3n) is 4.85. The minimum absolute atomic E-state index is 0.0138. The van der Waals surface area contributed by atoms with Crippen molar-refractivity contribution in [1.29, 1.82) is 0 Å². The van der Waals surface area contributed by atoms with E-state index in [2.05, 4.69) is 20.8 Å². The average Bonchev–Trinajstić information content (AvgIpc) is 2.93. The van der Waals surface area contributed by atoms with Gasteiger partial charge in [0.05, 0.1) is 0 Å². The third-order valence-corrected chi connectivity index (χ3v) is 4.85. The van der Waals surface area contributed by atoms with Gasteiger partial charge in [0.25, 0.3) is 0 Å². The molecule has 1 saturated carbocycles. The van der Waals surface area contributed by atoms with Crippen molar-refractivity contribution in [3.63, 3.8) is 0 Å². The molecule has 25 heavy (non-hydrogen) atoms. The first kappa shape index (κ1) is 19.4. The van der Waals surface area contributed by atoms with Crippen LogP contribution in [0.25, 0.3) is 0 Å². The fourth-order valence-electron chi connectivity index (χ4n) is 3.29. The molecule has 2 amide bonds. The van der Waals surface area contributed by atoms with Gasteiger partial charge in [-0.25, -0.2) is 0 Å². The lowest BCUT2D eigenvalue weighted by atomic mass is 9.89. The summed E-state index contributed by atoms with van der Waals surface area (Å²) in [4.78, 5) is 28.1. The number of nitrogens with zero attached hydrogens (tertiary/aromatic N) is 2. The molecule has 0 aliphatic heterocycles. The molecule has 2 N–H and O–H groups in total. The van der Waals surface area contributed by atoms with Crippen LogP contribution in [-0.4, -0.2) is 28.0 Å². The molecule has 1 aromatic heterocycles. The predicted molar refractivity (Wildman–Crippen MR) is 93.7 cm³/mol. The van der Waals surface area contributed by atoms with Crippen LogP contribution in [0, 0.1) is 0 Å². The van der Waals surface area contributed by atoms with E-state index in [0.717, 1.165) is 44.9 Å². The van der Waals surface area contributed by atoms with E-state index in [1.54, 1.807) is 0 Å². The largest absolute Gasteiger partial charge is 0.354 e. The molecule has 7 nitrogen and oxygen atoms in total. The maximum atomic E-state index is 11.9. The van der Waals surface area contributed by atoms with Crippen molar-refractivity contribution in [2.75, 3.05) is 0 Å². The van der Waals surface area contributed by atoms with E-state index in [1.165, 1.54) is 6.92 Å². The molecule has 1 aromatic rings. The molecular weight excluding hydrogens is 320 g/mol. The lowest BCUT2D eigenvalue weighted by Crippen LogP contribution is -2.45. The standard InChI is InChI=1S/C18H30N4O3/c1-4-13(2)19-15(24)9-10-16-20-17(22-25-16)18(21-14(3)23)11-7-5-6-8-12-18/h13H,4-12H2,1-3H3,(H,19,24)(H,21,23). The lowest BCUT2D eigenvalue weighted by Gasteiger charge is -2.30. The zero-order chi connectivity index (χ0) is 18.3. The van der Waals surface area contributed by atoms with Gasteiger partial charge >= 0.3 is 0 Å². The molecule has 1 aliphatic carbocycles. The van der Waals surface area contributed by atoms with Crippen molar-refractivity contribution < 1.29 is 14.1 Å². The molecule has 1 unspecified atom stereocenters. The molecule has 1 aliphatic rings. The predicted octanol–water partition coefficient (Wildman–Crippen LogP) is 2.60. The Morgan fingerprint density at radius 1 is 1.24 bits per heavy atom. The Bertz CT molecular complexity index is 577. The first-order valence-corrected chi connectivity index (χ1v) is 9.36. The van der Waals surface area contributed by atoms with Crippen LogP contribution in [0.2, 0.25) is 0 Å². The van der Waals surface area contributed by atoms with Gasteiger partial charge in [0.1, 0.15) is 5.54 Å². The van der Waals surface area contributed by atoms with E-state index in [1.807, 2.05) is 13.8 Å². The minimum atomic E-state index is -0.539. The molecule has 7 heteroatoms. The molecule has 1 heterocycles. The maximum Gasteiger partial charge on any atom is 0.227 e. The number of nitrogens with one attached hydrogen (secondary N) is 2. The summed E-state index contributed by atoms with van der Waals surface area (Å²) in [6.07, 6.45) is 7.63. The number of rotatable bonds is 7. The van der Waals surface area contributed by atoms with E-state index < -0.39 is 5.54 Å². The Balaban J connectivity index is 2.03. The summed E-state index contributed by atoms with van der Waals surface area (Å²) in [5, 5.41) is 10.1. The molecule has 2 rings (SSSR count). The molecule has 0 spiro atoms. The molecule has 0 bridgehead atoms. The van der Waals surface area contributed by atoms with Gasteiger partial charge in [-0.05, 0) is 26.2 Å². The number of hydrogen-bond acceptors (Lipinski definition) is 5. The first-order valence-electron chi connectivity index (χ1n) is 9.36. The van der Waals surface area contributed by atoms with Crippen molar-refractivity contribution in [2.24, 2.45) is 0 Å².